The molecule has 1 aliphatic rings. The Labute approximate surface area is 98.9 Å². The number of hydrogen-bond donors (Lipinski definition) is 1. The second-order valence-electron chi connectivity index (χ2n) is 4.35. The van der Waals surface area contributed by atoms with Gasteiger partial charge in [0, 0.05) is 6.42 Å². The van der Waals surface area contributed by atoms with E-state index in [-0.39, 0.29) is 0 Å². The van der Waals surface area contributed by atoms with Crippen LogP contribution in [0, 0.1) is 0 Å². The van der Waals surface area contributed by atoms with Gasteiger partial charge >= 0.3 is 0 Å². The molecule has 3 rings (SSSR count). The average Bonchev–Trinajstić information content (AvgIpc) is 2.73. The second kappa shape index (κ2) is 3.53. The molecular weight excluding hydrogens is 214 g/mol. The van der Waals surface area contributed by atoms with E-state index < -0.39 is 5.72 Å². The first kappa shape index (κ1) is 10.2. The lowest BCUT2D eigenvalue weighted by molar-refractivity contribution is -0.0102. The predicted octanol–water partition coefficient (Wildman–Crippen LogP) is 1.98. The van der Waals surface area contributed by atoms with Gasteiger partial charge in [-0.2, -0.15) is 10.2 Å². The van der Waals surface area contributed by atoms with Gasteiger partial charge < -0.3 is 5.11 Å². The van der Waals surface area contributed by atoms with E-state index in [1.54, 1.807) is 6.08 Å². The van der Waals surface area contributed by atoms with Gasteiger partial charge in [-0.05, 0) is 25.1 Å². The molecule has 0 spiro atoms. The van der Waals surface area contributed by atoms with E-state index in [0.29, 0.717) is 6.42 Å². The van der Waals surface area contributed by atoms with Crippen molar-refractivity contribution < 1.29 is 5.11 Å². The molecule has 1 unspecified atom stereocenters. The minimum Gasteiger partial charge on any atom is -0.364 e. The van der Waals surface area contributed by atoms with Gasteiger partial charge in [-0.1, -0.05) is 29.9 Å². The van der Waals surface area contributed by atoms with Crippen LogP contribution in [-0.4, -0.2) is 20.1 Å². The van der Waals surface area contributed by atoms with Gasteiger partial charge in [-0.25, -0.2) is 0 Å². The Morgan fingerprint density at radius 1 is 1.24 bits per heavy atom. The van der Waals surface area contributed by atoms with E-state index in [0.717, 1.165) is 16.6 Å². The largest absolute Gasteiger partial charge is 0.364 e. The first-order valence-corrected chi connectivity index (χ1v) is 5.58. The summed E-state index contributed by atoms with van der Waals surface area (Å²) in [6, 6.07) is 7.59. The van der Waals surface area contributed by atoms with Crippen molar-refractivity contribution in [3.8, 4) is 0 Å². The van der Waals surface area contributed by atoms with Gasteiger partial charge in [0.2, 0.25) is 0 Å². The van der Waals surface area contributed by atoms with Crippen LogP contribution in [0.3, 0.4) is 0 Å². The fourth-order valence-corrected chi connectivity index (χ4v) is 2.06. The van der Waals surface area contributed by atoms with Crippen molar-refractivity contribution >= 4 is 11.0 Å². The number of benzene rings is 1. The zero-order valence-corrected chi connectivity index (χ0v) is 9.54. The van der Waals surface area contributed by atoms with Crippen molar-refractivity contribution in [1.29, 1.82) is 0 Å². The molecule has 0 amide bonds. The van der Waals surface area contributed by atoms with Crippen molar-refractivity contribution in [1.82, 2.24) is 15.0 Å². The monoisotopic (exact) mass is 227 g/mol. The zero-order valence-electron chi connectivity index (χ0n) is 9.54. The maximum atomic E-state index is 10.5. The summed E-state index contributed by atoms with van der Waals surface area (Å²) >= 11 is 0. The summed E-state index contributed by atoms with van der Waals surface area (Å²) in [5, 5.41) is 19.2. The van der Waals surface area contributed by atoms with Crippen molar-refractivity contribution in [3.05, 3.63) is 48.1 Å². The lowest BCUT2D eigenvalue weighted by Gasteiger charge is -2.25. The molecule has 1 heterocycles. The van der Waals surface area contributed by atoms with Gasteiger partial charge in [-0.15, -0.1) is 4.80 Å². The molecule has 0 radical (unpaired) electrons. The Morgan fingerprint density at radius 3 is 2.47 bits per heavy atom. The van der Waals surface area contributed by atoms with Gasteiger partial charge in [0.05, 0.1) is 0 Å². The molecule has 1 aromatic carbocycles. The van der Waals surface area contributed by atoms with E-state index in [1.165, 1.54) is 4.80 Å². The summed E-state index contributed by atoms with van der Waals surface area (Å²) < 4.78 is 0. The SMILES string of the molecule is CC1=CC(O)(n2nc3ccccc3n2)CC=C1. The Morgan fingerprint density at radius 2 is 1.88 bits per heavy atom. The average molecular weight is 227 g/mol. The summed E-state index contributed by atoms with van der Waals surface area (Å²) in [5.74, 6) is 0. The first-order chi connectivity index (χ1) is 8.17. The van der Waals surface area contributed by atoms with Gasteiger partial charge in [0.25, 0.3) is 0 Å². The van der Waals surface area contributed by atoms with Gasteiger partial charge in [0.15, 0.2) is 5.72 Å². The number of aromatic nitrogens is 3. The molecule has 1 aromatic heterocycles. The Bertz CT molecular complexity index is 593. The maximum absolute atomic E-state index is 10.5. The highest BCUT2D eigenvalue weighted by atomic mass is 16.3. The van der Waals surface area contributed by atoms with Crippen LogP contribution >= 0.6 is 0 Å². The molecule has 1 N–H and O–H groups in total. The third-order valence-corrected chi connectivity index (χ3v) is 2.89. The highest BCUT2D eigenvalue weighted by Crippen LogP contribution is 2.25. The summed E-state index contributed by atoms with van der Waals surface area (Å²) in [6.45, 7) is 1.95. The highest BCUT2D eigenvalue weighted by Gasteiger charge is 2.29. The standard InChI is InChI=1S/C13H13N3O/c1-10-5-4-8-13(17,9-10)16-14-11-6-2-3-7-12(11)15-16/h2-7,9,17H,8H2,1H3. The molecule has 2 aromatic rings. The highest BCUT2D eigenvalue weighted by molar-refractivity contribution is 5.73. The molecule has 4 nitrogen and oxygen atoms in total. The van der Waals surface area contributed by atoms with E-state index in [9.17, 15) is 5.11 Å². The number of allylic oxidation sites excluding steroid dienone is 2. The lowest BCUT2D eigenvalue weighted by atomic mass is 10.0. The van der Waals surface area contributed by atoms with Crippen LogP contribution in [0.25, 0.3) is 11.0 Å². The topological polar surface area (TPSA) is 50.9 Å². The molecule has 86 valence electrons. The van der Waals surface area contributed by atoms with Gasteiger partial charge in [0.1, 0.15) is 11.0 Å². The second-order valence-corrected chi connectivity index (χ2v) is 4.35. The fraction of sp³-hybridized carbons (Fsp3) is 0.231. The Kier molecular flexibility index (Phi) is 2.12. The summed E-state index contributed by atoms with van der Waals surface area (Å²) in [4.78, 5) is 1.39. The van der Waals surface area contributed by atoms with Crippen LogP contribution in [0.5, 0.6) is 0 Å². The van der Waals surface area contributed by atoms with E-state index in [4.69, 9.17) is 0 Å². The normalized spacial score (nSPS) is 24.0. The molecule has 0 fully saturated rings. The quantitative estimate of drug-likeness (QED) is 0.810. The molecule has 0 aliphatic heterocycles. The fourth-order valence-electron chi connectivity index (χ4n) is 2.06. The van der Waals surface area contributed by atoms with Crippen LogP contribution in [0.2, 0.25) is 0 Å². The van der Waals surface area contributed by atoms with E-state index in [2.05, 4.69) is 10.2 Å². The summed E-state index contributed by atoms with van der Waals surface area (Å²) in [5.41, 5.74) is 1.46. The Hall–Kier alpha value is -1.94. The van der Waals surface area contributed by atoms with E-state index >= 15 is 0 Å². The zero-order chi connectivity index (χ0) is 11.9. The van der Waals surface area contributed by atoms with Crippen molar-refractivity contribution in [2.24, 2.45) is 0 Å². The van der Waals surface area contributed by atoms with Crippen LogP contribution < -0.4 is 0 Å². The maximum Gasteiger partial charge on any atom is 0.200 e. The Balaban J connectivity index is 2.12. The summed E-state index contributed by atoms with van der Waals surface area (Å²) in [7, 11) is 0. The third-order valence-electron chi connectivity index (χ3n) is 2.89. The molecule has 1 atom stereocenters. The minimum atomic E-state index is -1.14. The third kappa shape index (κ3) is 1.66. The molecule has 0 saturated heterocycles. The molecular formula is C13H13N3O. The van der Waals surface area contributed by atoms with Crippen molar-refractivity contribution in [2.75, 3.05) is 0 Å². The summed E-state index contributed by atoms with van der Waals surface area (Å²) in [6.07, 6.45) is 6.19. The number of aliphatic hydroxyl groups is 1. The molecule has 0 saturated carbocycles. The van der Waals surface area contributed by atoms with Crippen LogP contribution in [-0.2, 0) is 5.72 Å². The number of nitrogens with zero attached hydrogens (tertiary/aromatic N) is 3. The first-order valence-electron chi connectivity index (χ1n) is 5.58. The van der Waals surface area contributed by atoms with Gasteiger partial charge in [-0.3, -0.25) is 0 Å². The lowest BCUT2D eigenvalue weighted by Crippen LogP contribution is -2.34. The number of fused-ring (bicyclic) bond motifs is 1. The molecule has 1 aliphatic carbocycles. The smallest absolute Gasteiger partial charge is 0.200 e. The van der Waals surface area contributed by atoms with Crippen LogP contribution in [0.15, 0.2) is 48.1 Å². The van der Waals surface area contributed by atoms with Crippen molar-refractivity contribution in [2.45, 2.75) is 19.1 Å². The predicted molar refractivity (Wildman–Crippen MR) is 65.2 cm³/mol. The van der Waals surface area contributed by atoms with E-state index in [1.807, 2.05) is 43.3 Å². The molecule has 17 heavy (non-hydrogen) atoms. The molecule has 0 bridgehead atoms. The number of hydrogen-bond acceptors (Lipinski definition) is 3. The van der Waals surface area contributed by atoms with Crippen LogP contribution in [0.4, 0.5) is 0 Å². The molecule has 4 heteroatoms. The number of rotatable bonds is 1. The van der Waals surface area contributed by atoms with Crippen molar-refractivity contribution in [3.63, 3.8) is 0 Å². The minimum absolute atomic E-state index is 0.491. The van der Waals surface area contributed by atoms with Crippen LogP contribution in [0.1, 0.15) is 13.3 Å².